The van der Waals surface area contributed by atoms with Gasteiger partial charge >= 0.3 is 0 Å². The summed E-state index contributed by atoms with van der Waals surface area (Å²) in [6.07, 6.45) is -0.682. The van der Waals surface area contributed by atoms with Crippen molar-refractivity contribution < 1.29 is 9.84 Å². The third-order valence-corrected chi connectivity index (χ3v) is 4.98. The molecule has 0 aliphatic rings. The Morgan fingerprint density at radius 1 is 1.27 bits per heavy atom. The van der Waals surface area contributed by atoms with Crippen LogP contribution >= 0.6 is 35.3 Å². The van der Waals surface area contributed by atoms with E-state index in [1.807, 2.05) is 23.6 Å². The van der Waals surface area contributed by atoms with Gasteiger partial charge in [0.1, 0.15) is 6.10 Å². The molecule has 0 saturated heterocycles. The molecule has 0 amide bonds. The van der Waals surface area contributed by atoms with E-state index < -0.39 is 6.10 Å². The van der Waals surface area contributed by atoms with Gasteiger partial charge in [-0.05, 0) is 30.6 Å². The number of ether oxygens (including phenoxy) is 1. The van der Waals surface area contributed by atoms with Crippen LogP contribution in [0.2, 0.25) is 5.02 Å². The Labute approximate surface area is 147 Å². The standard InChI is InChI=1S/C16H22ClNO2S.ClH/c1-3-18(4-2)8-9-20-11-14(19)12-5-6-15-13(16(12)17)7-10-21-15;/h5-7,10,14,19H,3-4,8-9,11H2,1-2H3;1H. The van der Waals surface area contributed by atoms with E-state index in [-0.39, 0.29) is 19.0 Å². The van der Waals surface area contributed by atoms with Crippen molar-refractivity contribution in [1.82, 2.24) is 4.90 Å². The molecule has 2 aromatic rings. The average Bonchev–Trinajstić information content (AvgIpc) is 2.97. The number of hydrogen-bond donors (Lipinski definition) is 1. The maximum Gasteiger partial charge on any atom is 0.104 e. The number of benzene rings is 1. The van der Waals surface area contributed by atoms with E-state index >= 15 is 0 Å². The fraction of sp³-hybridized carbons (Fsp3) is 0.500. The summed E-state index contributed by atoms with van der Waals surface area (Å²) < 4.78 is 6.72. The number of hydrogen-bond acceptors (Lipinski definition) is 4. The van der Waals surface area contributed by atoms with Gasteiger partial charge in [0.25, 0.3) is 0 Å². The maximum atomic E-state index is 10.3. The maximum absolute atomic E-state index is 10.3. The summed E-state index contributed by atoms with van der Waals surface area (Å²) >= 11 is 8.02. The normalized spacial score (nSPS) is 12.6. The Morgan fingerprint density at radius 3 is 2.68 bits per heavy atom. The molecule has 0 bridgehead atoms. The molecule has 0 fully saturated rings. The molecule has 1 aromatic carbocycles. The lowest BCUT2D eigenvalue weighted by atomic mass is 10.1. The van der Waals surface area contributed by atoms with Crippen LogP contribution in [0.15, 0.2) is 23.6 Å². The fourth-order valence-electron chi connectivity index (χ4n) is 2.30. The highest BCUT2D eigenvalue weighted by molar-refractivity contribution is 7.17. The Balaban J connectivity index is 0.00000242. The summed E-state index contributed by atoms with van der Waals surface area (Å²) in [6, 6.07) is 5.87. The van der Waals surface area contributed by atoms with E-state index in [0.29, 0.717) is 11.6 Å². The van der Waals surface area contributed by atoms with E-state index in [4.69, 9.17) is 16.3 Å². The van der Waals surface area contributed by atoms with Crippen LogP contribution in [0, 0.1) is 0 Å². The van der Waals surface area contributed by atoms with Crippen LogP contribution in [-0.4, -0.2) is 42.9 Å². The molecule has 0 saturated carbocycles. The molecule has 22 heavy (non-hydrogen) atoms. The number of halogens is 2. The number of nitrogens with zero attached hydrogens (tertiary/aromatic N) is 1. The second-order valence-corrected chi connectivity index (χ2v) is 6.24. The predicted octanol–water partition coefficient (Wildman–Crippen LogP) is 4.37. The van der Waals surface area contributed by atoms with Crippen molar-refractivity contribution in [3.63, 3.8) is 0 Å². The van der Waals surface area contributed by atoms with Crippen LogP contribution in [-0.2, 0) is 4.74 Å². The molecule has 0 aliphatic carbocycles. The van der Waals surface area contributed by atoms with Crippen LogP contribution in [0.3, 0.4) is 0 Å². The van der Waals surface area contributed by atoms with Gasteiger partial charge in [0.15, 0.2) is 0 Å². The topological polar surface area (TPSA) is 32.7 Å². The van der Waals surface area contributed by atoms with Gasteiger partial charge in [-0.15, -0.1) is 23.7 Å². The minimum atomic E-state index is -0.682. The minimum Gasteiger partial charge on any atom is -0.386 e. The number of rotatable bonds is 8. The first kappa shape index (κ1) is 19.7. The van der Waals surface area contributed by atoms with Crippen molar-refractivity contribution in [1.29, 1.82) is 0 Å². The largest absolute Gasteiger partial charge is 0.386 e. The van der Waals surface area contributed by atoms with E-state index in [9.17, 15) is 5.11 Å². The smallest absolute Gasteiger partial charge is 0.104 e. The molecule has 0 aliphatic heterocycles. The molecule has 1 atom stereocenters. The quantitative estimate of drug-likeness (QED) is 0.706. The molecule has 1 N–H and O–H groups in total. The van der Waals surface area contributed by atoms with Crippen molar-refractivity contribution in [3.05, 3.63) is 34.2 Å². The van der Waals surface area contributed by atoms with Gasteiger partial charge < -0.3 is 14.7 Å². The molecule has 1 unspecified atom stereocenters. The first-order valence-corrected chi connectivity index (χ1v) is 8.56. The minimum absolute atomic E-state index is 0. The molecule has 0 spiro atoms. The van der Waals surface area contributed by atoms with Gasteiger partial charge in [0.2, 0.25) is 0 Å². The number of aliphatic hydroxyl groups excluding tert-OH is 1. The summed E-state index contributed by atoms with van der Waals surface area (Å²) in [7, 11) is 0. The fourth-order valence-corrected chi connectivity index (χ4v) is 3.51. The van der Waals surface area contributed by atoms with Crippen molar-refractivity contribution in [2.45, 2.75) is 20.0 Å². The Bertz CT molecular complexity index is 572. The van der Waals surface area contributed by atoms with Crippen LogP contribution < -0.4 is 0 Å². The molecule has 3 nitrogen and oxygen atoms in total. The summed E-state index contributed by atoms with van der Waals surface area (Å²) in [6.45, 7) is 8.08. The number of likely N-dealkylation sites (N-methyl/N-ethyl adjacent to an activating group) is 1. The number of fused-ring (bicyclic) bond motifs is 1. The second kappa shape index (κ2) is 9.71. The average molecular weight is 364 g/mol. The monoisotopic (exact) mass is 363 g/mol. The van der Waals surface area contributed by atoms with Crippen LogP contribution in [0.25, 0.3) is 10.1 Å². The zero-order valence-corrected chi connectivity index (χ0v) is 15.3. The Hall–Kier alpha value is -0.360. The van der Waals surface area contributed by atoms with Gasteiger partial charge in [-0.2, -0.15) is 0 Å². The third kappa shape index (κ3) is 4.82. The molecule has 0 radical (unpaired) electrons. The lowest BCUT2D eigenvalue weighted by Gasteiger charge is -2.19. The SMILES string of the molecule is CCN(CC)CCOCC(O)c1ccc2sccc2c1Cl.Cl. The van der Waals surface area contributed by atoms with E-state index in [1.54, 1.807) is 11.3 Å². The predicted molar refractivity (Wildman–Crippen MR) is 97.6 cm³/mol. The molecule has 124 valence electrons. The van der Waals surface area contributed by atoms with Gasteiger partial charge in [0.05, 0.1) is 18.2 Å². The molecule has 1 heterocycles. The summed E-state index contributed by atoms with van der Waals surface area (Å²) in [5.41, 5.74) is 0.741. The number of thiophene rings is 1. The van der Waals surface area contributed by atoms with Gasteiger partial charge in [0, 0.05) is 22.2 Å². The summed E-state index contributed by atoms with van der Waals surface area (Å²) in [5, 5.41) is 13.9. The van der Waals surface area contributed by atoms with Gasteiger partial charge in [-0.3, -0.25) is 0 Å². The summed E-state index contributed by atoms with van der Waals surface area (Å²) in [5.74, 6) is 0. The van der Waals surface area contributed by atoms with E-state index in [2.05, 4.69) is 18.7 Å². The second-order valence-electron chi connectivity index (χ2n) is 4.92. The Kier molecular flexibility index (Phi) is 8.69. The van der Waals surface area contributed by atoms with Crippen molar-refractivity contribution in [2.75, 3.05) is 32.8 Å². The van der Waals surface area contributed by atoms with Crippen LogP contribution in [0.4, 0.5) is 0 Å². The zero-order chi connectivity index (χ0) is 15.2. The Morgan fingerprint density at radius 2 is 2.00 bits per heavy atom. The van der Waals surface area contributed by atoms with Crippen LogP contribution in [0.5, 0.6) is 0 Å². The highest BCUT2D eigenvalue weighted by atomic mass is 35.5. The third-order valence-electron chi connectivity index (χ3n) is 3.68. The summed E-state index contributed by atoms with van der Waals surface area (Å²) in [4.78, 5) is 2.29. The van der Waals surface area contributed by atoms with Gasteiger partial charge in [-0.1, -0.05) is 31.5 Å². The van der Waals surface area contributed by atoms with E-state index in [1.165, 1.54) is 0 Å². The highest BCUT2D eigenvalue weighted by Gasteiger charge is 2.14. The lowest BCUT2D eigenvalue weighted by molar-refractivity contribution is 0.0275. The van der Waals surface area contributed by atoms with Gasteiger partial charge in [-0.25, -0.2) is 0 Å². The highest BCUT2D eigenvalue weighted by Crippen LogP contribution is 2.33. The lowest BCUT2D eigenvalue weighted by Crippen LogP contribution is -2.27. The molecular weight excluding hydrogens is 341 g/mol. The van der Waals surface area contributed by atoms with Crippen molar-refractivity contribution in [2.24, 2.45) is 0 Å². The van der Waals surface area contributed by atoms with Crippen molar-refractivity contribution >= 4 is 45.4 Å². The first-order chi connectivity index (χ1) is 10.2. The number of aliphatic hydroxyl groups is 1. The van der Waals surface area contributed by atoms with Crippen molar-refractivity contribution in [3.8, 4) is 0 Å². The molecule has 1 aromatic heterocycles. The molecule has 6 heteroatoms. The zero-order valence-electron chi connectivity index (χ0n) is 12.9. The first-order valence-electron chi connectivity index (χ1n) is 7.31. The molecule has 2 rings (SSSR count). The van der Waals surface area contributed by atoms with E-state index in [0.717, 1.165) is 35.3 Å². The van der Waals surface area contributed by atoms with Crippen LogP contribution in [0.1, 0.15) is 25.5 Å². The molecular formula is C16H23Cl2NO2S.